The van der Waals surface area contributed by atoms with Crippen molar-refractivity contribution < 1.29 is 22.7 Å². The van der Waals surface area contributed by atoms with Gasteiger partial charge in [-0.25, -0.2) is 18.7 Å². The van der Waals surface area contributed by atoms with Crippen molar-refractivity contribution in [2.75, 3.05) is 24.1 Å². The van der Waals surface area contributed by atoms with Crippen LogP contribution in [-0.2, 0) is 4.79 Å². The van der Waals surface area contributed by atoms with Crippen LogP contribution in [0.2, 0.25) is 0 Å². The molecular weight excluding hydrogens is 463 g/mol. The van der Waals surface area contributed by atoms with Crippen LogP contribution in [0.3, 0.4) is 0 Å². The van der Waals surface area contributed by atoms with Crippen LogP contribution in [0.15, 0.2) is 49.3 Å². The van der Waals surface area contributed by atoms with Crippen LogP contribution >= 0.6 is 0 Å². The number of pyridine rings is 1. The standard InChI is InChI=1S/C23H20F3N7O2/c1-2-17(34)33-9-8-12(10-33)31-23-18(22(28)29-11-30-23)19(27)13-6-7-16(32-21(13)26)35-20-14(24)4-3-5-15(20)25/h2-7,11-12,27H,1,8-10H2,(H3,28,29,30,31)/t12-/m1/s1. The summed E-state index contributed by atoms with van der Waals surface area (Å²) in [5.41, 5.74) is 5.40. The van der Waals surface area contributed by atoms with Gasteiger partial charge >= 0.3 is 0 Å². The summed E-state index contributed by atoms with van der Waals surface area (Å²) < 4.78 is 47.6. The number of para-hydroxylation sites is 1. The molecule has 3 aromatic rings. The lowest BCUT2D eigenvalue weighted by molar-refractivity contribution is -0.125. The first-order valence-corrected chi connectivity index (χ1v) is 10.4. The van der Waals surface area contributed by atoms with Gasteiger partial charge in [0.2, 0.25) is 23.5 Å². The number of carbonyl (C=O) groups excluding carboxylic acids is 1. The minimum Gasteiger partial charge on any atom is -0.433 e. The molecule has 0 saturated carbocycles. The van der Waals surface area contributed by atoms with E-state index in [-0.39, 0.29) is 40.4 Å². The number of carbonyl (C=O) groups is 1. The minimum absolute atomic E-state index is 0.0375. The molecular formula is C23H20F3N7O2. The second-order valence-corrected chi connectivity index (χ2v) is 7.62. The zero-order chi connectivity index (χ0) is 25.1. The van der Waals surface area contributed by atoms with E-state index in [2.05, 4.69) is 26.8 Å². The maximum absolute atomic E-state index is 14.9. The highest BCUT2D eigenvalue weighted by Crippen LogP contribution is 2.29. The van der Waals surface area contributed by atoms with Crippen molar-refractivity contribution in [1.82, 2.24) is 19.9 Å². The number of hydrogen-bond acceptors (Lipinski definition) is 8. The van der Waals surface area contributed by atoms with Crippen LogP contribution in [0.25, 0.3) is 0 Å². The molecule has 1 atom stereocenters. The van der Waals surface area contributed by atoms with Gasteiger partial charge in [0.1, 0.15) is 18.0 Å². The zero-order valence-corrected chi connectivity index (χ0v) is 18.3. The summed E-state index contributed by atoms with van der Waals surface area (Å²) in [7, 11) is 0. The van der Waals surface area contributed by atoms with Gasteiger partial charge in [-0.2, -0.15) is 9.37 Å². The Balaban J connectivity index is 1.58. The Bertz CT molecular complexity index is 1300. The monoisotopic (exact) mass is 483 g/mol. The molecule has 0 unspecified atom stereocenters. The van der Waals surface area contributed by atoms with Gasteiger partial charge in [-0.3, -0.25) is 10.2 Å². The number of amides is 1. The Morgan fingerprint density at radius 1 is 1.23 bits per heavy atom. The van der Waals surface area contributed by atoms with E-state index in [1.54, 1.807) is 4.90 Å². The van der Waals surface area contributed by atoms with Gasteiger partial charge < -0.3 is 20.7 Å². The fourth-order valence-corrected chi connectivity index (χ4v) is 3.64. The van der Waals surface area contributed by atoms with Gasteiger partial charge in [0.25, 0.3) is 0 Å². The maximum atomic E-state index is 14.9. The van der Waals surface area contributed by atoms with Gasteiger partial charge in [0.15, 0.2) is 11.6 Å². The van der Waals surface area contributed by atoms with Gasteiger partial charge in [-0.05, 0) is 30.7 Å². The van der Waals surface area contributed by atoms with Crippen molar-refractivity contribution in [3.63, 3.8) is 0 Å². The van der Waals surface area contributed by atoms with Gasteiger partial charge in [0, 0.05) is 25.2 Å². The van der Waals surface area contributed by atoms with Crippen molar-refractivity contribution in [3.05, 3.63) is 78.0 Å². The summed E-state index contributed by atoms with van der Waals surface area (Å²) in [4.78, 5) is 25.1. The number of anilines is 2. The molecule has 0 aliphatic carbocycles. The molecule has 3 heterocycles. The lowest BCUT2D eigenvalue weighted by Crippen LogP contribution is -2.31. The summed E-state index contributed by atoms with van der Waals surface area (Å²) in [6.45, 7) is 4.38. The van der Waals surface area contributed by atoms with Crippen molar-refractivity contribution in [2.24, 2.45) is 0 Å². The molecule has 12 heteroatoms. The third-order valence-corrected chi connectivity index (χ3v) is 5.36. The molecule has 1 amide bonds. The van der Waals surface area contributed by atoms with Crippen molar-refractivity contribution >= 4 is 23.3 Å². The van der Waals surface area contributed by atoms with E-state index in [0.717, 1.165) is 18.2 Å². The summed E-state index contributed by atoms with van der Waals surface area (Å²) in [5.74, 6) is -4.29. The van der Waals surface area contributed by atoms with Crippen LogP contribution in [0, 0.1) is 23.0 Å². The molecule has 0 spiro atoms. The highest BCUT2D eigenvalue weighted by molar-refractivity contribution is 6.16. The Hall–Kier alpha value is -4.48. The van der Waals surface area contributed by atoms with E-state index < -0.39 is 29.2 Å². The van der Waals surface area contributed by atoms with E-state index in [0.29, 0.717) is 19.5 Å². The number of hydrogen-bond donors (Lipinski definition) is 3. The molecule has 2 aromatic heterocycles. The number of aromatic nitrogens is 3. The number of benzene rings is 1. The number of nitrogens with zero attached hydrogens (tertiary/aromatic N) is 4. The number of halogens is 3. The minimum atomic E-state index is -1.12. The normalized spacial score (nSPS) is 15.1. The lowest BCUT2D eigenvalue weighted by Gasteiger charge is -2.18. The number of nitrogens with two attached hydrogens (primary N) is 1. The summed E-state index contributed by atoms with van der Waals surface area (Å²) in [6.07, 6.45) is 3.05. The van der Waals surface area contributed by atoms with E-state index in [1.165, 1.54) is 24.5 Å². The van der Waals surface area contributed by atoms with Crippen molar-refractivity contribution in [3.8, 4) is 11.6 Å². The van der Waals surface area contributed by atoms with Gasteiger partial charge in [-0.15, -0.1) is 0 Å². The van der Waals surface area contributed by atoms with E-state index in [1.807, 2.05) is 0 Å². The average molecular weight is 483 g/mol. The number of nitrogens with one attached hydrogen (secondary N) is 2. The van der Waals surface area contributed by atoms with Crippen LogP contribution < -0.4 is 15.8 Å². The average Bonchev–Trinajstić information content (AvgIpc) is 3.29. The second kappa shape index (κ2) is 9.79. The summed E-state index contributed by atoms with van der Waals surface area (Å²) in [5, 5.41) is 11.7. The SMILES string of the molecule is C=CC(=O)N1CC[C@@H](Nc2ncnc(N)c2C(=N)c2ccc(Oc3c(F)cccc3F)nc2F)C1. The first-order valence-electron chi connectivity index (χ1n) is 10.4. The molecule has 180 valence electrons. The predicted molar refractivity (Wildman–Crippen MR) is 122 cm³/mol. The third-order valence-electron chi connectivity index (χ3n) is 5.36. The smallest absolute Gasteiger partial charge is 0.246 e. The summed E-state index contributed by atoms with van der Waals surface area (Å²) in [6, 6.07) is 5.30. The van der Waals surface area contributed by atoms with Crippen molar-refractivity contribution in [1.29, 1.82) is 5.41 Å². The highest BCUT2D eigenvalue weighted by atomic mass is 19.1. The second-order valence-electron chi connectivity index (χ2n) is 7.62. The topological polar surface area (TPSA) is 130 Å². The van der Waals surface area contributed by atoms with Crippen LogP contribution in [0.1, 0.15) is 17.5 Å². The molecule has 4 rings (SSSR count). The molecule has 1 aliphatic rings. The fourth-order valence-electron chi connectivity index (χ4n) is 3.64. The predicted octanol–water partition coefficient (Wildman–Crippen LogP) is 3.28. The highest BCUT2D eigenvalue weighted by Gasteiger charge is 2.27. The number of likely N-dealkylation sites (tertiary alicyclic amines) is 1. The Labute approximate surface area is 198 Å². The molecule has 4 N–H and O–H groups in total. The molecule has 9 nitrogen and oxygen atoms in total. The molecule has 35 heavy (non-hydrogen) atoms. The van der Waals surface area contributed by atoms with Crippen LogP contribution in [-0.4, -0.2) is 50.6 Å². The lowest BCUT2D eigenvalue weighted by atomic mass is 10.0. The van der Waals surface area contributed by atoms with E-state index in [4.69, 9.17) is 15.9 Å². The quantitative estimate of drug-likeness (QED) is 0.267. The molecule has 1 fully saturated rings. The molecule has 1 aliphatic heterocycles. The number of rotatable bonds is 7. The molecule has 1 saturated heterocycles. The molecule has 0 radical (unpaired) electrons. The first kappa shape index (κ1) is 23.7. The van der Waals surface area contributed by atoms with Crippen molar-refractivity contribution in [2.45, 2.75) is 12.5 Å². The summed E-state index contributed by atoms with van der Waals surface area (Å²) >= 11 is 0. The fraction of sp³-hybridized carbons (Fsp3) is 0.174. The van der Waals surface area contributed by atoms with Crippen LogP contribution in [0.5, 0.6) is 11.6 Å². The Morgan fingerprint density at radius 3 is 2.66 bits per heavy atom. The first-order chi connectivity index (χ1) is 16.8. The van der Waals surface area contributed by atoms with Crippen LogP contribution in [0.4, 0.5) is 24.8 Å². The van der Waals surface area contributed by atoms with Gasteiger partial charge in [-0.1, -0.05) is 12.6 Å². The largest absolute Gasteiger partial charge is 0.433 e. The maximum Gasteiger partial charge on any atom is 0.246 e. The molecule has 1 aromatic carbocycles. The van der Waals surface area contributed by atoms with E-state index >= 15 is 0 Å². The van der Waals surface area contributed by atoms with Gasteiger partial charge in [0.05, 0.1) is 16.8 Å². The van der Waals surface area contributed by atoms with E-state index in [9.17, 15) is 18.0 Å². The third kappa shape index (κ3) is 4.90. The Kier molecular flexibility index (Phi) is 6.62. The Morgan fingerprint density at radius 2 is 1.97 bits per heavy atom. The molecule has 0 bridgehead atoms. The number of ether oxygens (including phenoxy) is 1. The zero-order valence-electron chi connectivity index (χ0n) is 18.3. The number of nitrogen functional groups attached to an aromatic ring is 1.